The number of ether oxygens (including phenoxy) is 1. The van der Waals surface area contributed by atoms with Crippen molar-refractivity contribution in [3.63, 3.8) is 0 Å². The molecule has 0 amide bonds. The SMILES string of the molecule is COC(=O)C1=[C]([Sn]([CH3])([CH3])[CH3])CCC1. The third-order valence-corrected chi connectivity index (χ3v) is 9.30. The Balaban J connectivity index is 2.97. The first-order chi connectivity index (χ1) is 5.96. The first-order valence-corrected chi connectivity index (χ1v) is 14.8. The first kappa shape index (κ1) is 11.1. The molecule has 0 fully saturated rings. The molecule has 0 N–H and O–H groups in total. The Morgan fingerprint density at radius 1 is 1.31 bits per heavy atom. The maximum atomic E-state index is 11.4. The van der Waals surface area contributed by atoms with Crippen LogP contribution in [0.25, 0.3) is 0 Å². The summed E-state index contributed by atoms with van der Waals surface area (Å²) < 4.78 is 6.28. The molecule has 2 nitrogen and oxygen atoms in total. The van der Waals surface area contributed by atoms with Crippen LogP contribution in [0, 0.1) is 0 Å². The molecule has 1 aliphatic carbocycles. The molecule has 0 aliphatic heterocycles. The van der Waals surface area contributed by atoms with Crippen molar-refractivity contribution in [1.82, 2.24) is 0 Å². The summed E-state index contributed by atoms with van der Waals surface area (Å²) in [5.74, 6) is -0.0841. The van der Waals surface area contributed by atoms with E-state index in [1.54, 1.807) is 0 Å². The van der Waals surface area contributed by atoms with Gasteiger partial charge in [0.25, 0.3) is 0 Å². The Kier molecular flexibility index (Phi) is 3.43. The van der Waals surface area contributed by atoms with Gasteiger partial charge in [-0.1, -0.05) is 0 Å². The summed E-state index contributed by atoms with van der Waals surface area (Å²) in [5.41, 5.74) is 1.01. The number of carbonyl (C=O) groups excluding carboxylic acids is 1. The Labute approximate surface area is 84.2 Å². The zero-order valence-corrected chi connectivity index (χ0v) is 11.8. The fraction of sp³-hybridized carbons (Fsp3) is 0.700. The molecule has 1 aliphatic rings. The van der Waals surface area contributed by atoms with Crippen molar-refractivity contribution in [3.8, 4) is 0 Å². The number of carbonyl (C=O) groups is 1. The molecule has 0 unspecified atom stereocenters. The monoisotopic (exact) mass is 290 g/mol. The molecule has 74 valence electrons. The van der Waals surface area contributed by atoms with Gasteiger partial charge in [0, 0.05) is 0 Å². The van der Waals surface area contributed by atoms with Gasteiger partial charge in [0.1, 0.15) is 0 Å². The van der Waals surface area contributed by atoms with Gasteiger partial charge in [-0.25, -0.2) is 0 Å². The van der Waals surface area contributed by atoms with Crippen molar-refractivity contribution in [2.75, 3.05) is 7.11 Å². The fourth-order valence-corrected chi connectivity index (χ4v) is 7.80. The van der Waals surface area contributed by atoms with E-state index in [1.807, 2.05) is 0 Å². The van der Waals surface area contributed by atoms with Crippen LogP contribution in [0.15, 0.2) is 9.16 Å². The van der Waals surface area contributed by atoms with Crippen LogP contribution < -0.4 is 0 Å². The summed E-state index contributed by atoms with van der Waals surface area (Å²) in [7, 11) is 1.48. The zero-order chi connectivity index (χ0) is 10.1. The van der Waals surface area contributed by atoms with E-state index in [-0.39, 0.29) is 5.97 Å². The normalized spacial score (nSPS) is 17.8. The van der Waals surface area contributed by atoms with Crippen molar-refractivity contribution >= 4 is 24.3 Å². The summed E-state index contributed by atoms with van der Waals surface area (Å²) in [6, 6.07) is 0. The van der Waals surface area contributed by atoms with Crippen LogP contribution in [0.2, 0.25) is 14.8 Å². The van der Waals surface area contributed by atoms with Crippen LogP contribution >= 0.6 is 0 Å². The Bertz CT molecular complexity index is 248. The molecule has 0 spiro atoms. The van der Waals surface area contributed by atoms with E-state index in [0.29, 0.717) is 0 Å². The Morgan fingerprint density at radius 2 is 1.92 bits per heavy atom. The van der Waals surface area contributed by atoms with Crippen LogP contribution in [0.3, 0.4) is 0 Å². The van der Waals surface area contributed by atoms with Crippen molar-refractivity contribution in [2.45, 2.75) is 34.1 Å². The topological polar surface area (TPSA) is 26.3 Å². The summed E-state index contributed by atoms with van der Waals surface area (Å²) in [6.45, 7) is 0. The van der Waals surface area contributed by atoms with Gasteiger partial charge in [-0.05, 0) is 0 Å². The van der Waals surface area contributed by atoms with Crippen molar-refractivity contribution in [2.24, 2.45) is 0 Å². The molecule has 0 heterocycles. The van der Waals surface area contributed by atoms with Crippen LogP contribution in [0.5, 0.6) is 0 Å². The van der Waals surface area contributed by atoms with Gasteiger partial charge in [-0.3, -0.25) is 0 Å². The molecule has 0 aromatic carbocycles. The minimum atomic E-state index is -2.00. The van der Waals surface area contributed by atoms with Crippen LogP contribution in [0.4, 0.5) is 0 Å². The number of hydrogen-bond donors (Lipinski definition) is 0. The summed E-state index contributed by atoms with van der Waals surface area (Å²) in [5, 5.41) is 0. The average Bonchev–Trinajstić information content (AvgIpc) is 2.49. The van der Waals surface area contributed by atoms with Crippen molar-refractivity contribution in [3.05, 3.63) is 9.16 Å². The number of allylic oxidation sites excluding steroid dienone is 1. The third kappa shape index (κ3) is 2.48. The second-order valence-electron chi connectivity index (χ2n) is 4.55. The van der Waals surface area contributed by atoms with E-state index in [0.717, 1.165) is 24.8 Å². The molecule has 3 heteroatoms. The van der Waals surface area contributed by atoms with E-state index in [4.69, 9.17) is 4.74 Å². The van der Waals surface area contributed by atoms with Gasteiger partial charge >= 0.3 is 84.2 Å². The molecular weight excluding hydrogens is 271 g/mol. The molecular formula is C10H18O2Sn. The number of esters is 1. The Hall–Kier alpha value is 0.00870. The minimum absolute atomic E-state index is 0.0841. The summed E-state index contributed by atoms with van der Waals surface area (Å²) in [4.78, 5) is 18.5. The number of hydrogen-bond acceptors (Lipinski definition) is 2. The van der Waals surface area contributed by atoms with Crippen LogP contribution in [-0.2, 0) is 9.53 Å². The average molecular weight is 289 g/mol. The van der Waals surface area contributed by atoms with E-state index in [2.05, 4.69) is 14.8 Å². The van der Waals surface area contributed by atoms with E-state index < -0.39 is 18.4 Å². The second-order valence-corrected chi connectivity index (χ2v) is 19.1. The molecule has 0 saturated heterocycles. The molecule has 0 radical (unpaired) electrons. The van der Waals surface area contributed by atoms with Crippen molar-refractivity contribution < 1.29 is 9.53 Å². The summed E-state index contributed by atoms with van der Waals surface area (Å²) >= 11 is -2.00. The fourth-order valence-electron chi connectivity index (χ4n) is 1.92. The molecule has 0 saturated carbocycles. The van der Waals surface area contributed by atoms with Gasteiger partial charge in [0.2, 0.25) is 0 Å². The van der Waals surface area contributed by atoms with Gasteiger partial charge in [-0.15, -0.1) is 0 Å². The van der Waals surface area contributed by atoms with Crippen LogP contribution in [-0.4, -0.2) is 31.5 Å². The maximum absolute atomic E-state index is 11.4. The third-order valence-electron chi connectivity index (χ3n) is 2.55. The molecule has 0 bridgehead atoms. The van der Waals surface area contributed by atoms with Crippen LogP contribution in [0.1, 0.15) is 19.3 Å². The predicted molar refractivity (Wildman–Crippen MR) is 56.2 cm³/mol. The van der Waals surface area contributed by atoms with E-state index >= 15 is 0 Å². The Morgan fingerprint density at radius 3 is 2.38 bits per heavy atom. The molecule has 13 heavy (non-hydrogen) atoms. The molecule has 0 aromatic heterocycles. The van der Waals surface area contributed by atoms with Gasteiger partial charge < -0.3 is 0 Å². The zero-order valence-electron chi connectivity index (χ0n) is 8.94. The first-order valence-electron chi connectivity index (χ1n) is 4.77. The number of rotatable bonds is 2. The standard InChI is InChI=1S/C7H9O2.3CH3.Sn/c1-9-7(8)6-4-2-3-5-6;;;;/h2-4H2,1H3;3*1H3;. The summed E-state index contributed by atoms with van der Waals surface area (Å²) in [6.07, 6.45) is 3.23. The quantitative estimate of drug-likeness (QED) is 0.577. The van der Waals surface area contributed by atoms with E-state index in [9.17, 15) is 4.79 Å². The van der Waals surface area contributed by atoms with Gasteiger partial charge in [0.15, 0.2) is 0 Å². The predicted octanol–water partition coefficient (Wildman–Crippen LogP) is 2.52. The number of methoxy groups -OCH3 is 1. The second kappa shape index (κ2) is 4.03. The van der Waals surface area contributed by atoms with E-state index in [1.165, 1.54) is 10.7 Å². The molecule has 0 aromatic rings. The molecule has 1 rings (SSSR count). The van der Waals surface area contributed by atoms with Gasteiger partial charge in [-0.2, -0.15) is 0 Å². The molecule has 0 atom stereocenters. The van der Waals surface area contributed by atoms with Crippen molar-refractivity contribution in [1.29, 1.82) is 0 Å². The van der Waals surface area contributed by atoms with Gasteiger partial charge in [0.05, 0.1) is 0 Å².